The molecule has 0 saturated carbocycles. The van der Waals surface area contributed by atoms with Crippen LogP contribution in [0, 0.1) is 0 Å². The molecule has 1 heterocycles. The van der Waals surface area contributed by atoms with Crippen LogP contribution in [0.25, 0.3) is 0 Å². The van der Waals surface area contributed by atoms with E-state index in [1.807, 2.05) is 0 Å². The van der Waals surface area contributed by atoms with Crippen LogP contribution in [-0.2, 0) is 10.4 Å². The van der Waals surface area contributed by atoms with Crippen LogP contribution < -0.4 is 74.2 Å². The average molecular weight is 301 g/mol. The van der Waals surface area contributed by atoms with Crippen LogP contribution in [-0.4, -0.2) is 30.6 Å². The number of rotatable bonds is 0. The van der Waals surface area contributed by atoms with E-state index in [1.54, 1.807) is 0 Å². The van der Waals surface area contributed by atoms with Gasteiger partial charge in [0.15, 0.2) is 0 Å². The van der Waals surface area contributed by atoms with Crippen molar-refractivity contribution in [1.82, 2.24) is 5.32 Å². The van der Waals surface area contributed by atoms with E-state index in [9.17, 15) is 0 Å². The van der Waals surface area contributed by atoms with Gasteiger partial charge in [0, 0.05) is 0 Å². The number of hydrogen-bond acceptors (Lipinski definition) is 4. The third-order valence-electron chi connectivity index (χ3n) is 0.957. The van der Waals surface area contributed by atoms with E-state index in [2.05, 4.69) is 5.32 Å². The molecule has 0 unspecified atom stereocenters. The maximum Gasteiger partial charge on any atom is 1.00 e. The van der Waals surface area contributed by atoms with Gasteiger partial charge < -0.3 is 9.87 Å². The third-order valence-corrected chi connectivity index (χ3v) is 0.957. The van der Waals surface area contributed by atoms with Crippen LogP contribution in [0.3, 0.4) is 0 Å². The van der Waals surface area contributed by atoms with Crippen molar-refractivity contribution in [3.8, 4) is 0 Å². The van der Waals surface area contributed by atoms with E-state index in [-0.39, 0.29) is 68.9 Å². The molecule has 0 spiro atoms. The topological polar surface area (TPSA) is 89.5 Å². The Morgan fingerprint density at radius 3 is 1.64 bits per heavy atom. The number of hydrogen-bond donors (Lipinski definition) is 2. The van der Waals surface area contributed by atoms with Crippen molar-refractivity contribution in [2.24, 2.45) is 0 Å². The van der Waals surface area contributed by atoms with Crippen LogP contribution in [0.5, 0.6) is 0 Å². The molecule has 5 nitrogen and oxygen atoms in total. The minimum atomic E-state index is -4.92. The molecule has 0 aromatic carbocycles. The predicted molar refractivity (Wildman–Crippen MR) is 34.4 cm³/mol. The average Bonchev–Trinajstić information content (AvgIpc) is 2.07. The second kappa shape index (κ2) is 8.48. The fraction of sp³-hybridized carbons (Fsp3) is 1.00. The quantitative estimate of drug-likeness (QED) is 0.356. The van der Waals surface area contributed by atoms with Crippen LogP contribution in [0.2, 0.25) is 0 Å². The molecule has 0 bridgehead atoms. The van der Waals surface area contributed by atoms with E-state index in [1.165, 1.54) is 25.9 Å². The first-order valence-corrected chi connectivity index (χ1v) is 4.25. The molecule has 0 radical (unpaired) electrons. The van der Waals surface area contributed by atoms with Gasteiger partial charge in [-0.05, 0) is 25.9 Å². The van der Waals surface area contributed by atoms with Crippen molar-refractivity contribution in [1.29, 1.82) is 0 Å². The summed E-state index contributed by atoms with van der Waals surface area (Å²) in [5.41, 5.74) is 0. The van der Waals surface area contributed by atoms with Crippen molar-refractivity contribution in [3.63, 3.8) is 0 Å². The predicted octanol–water partition coefficient (Wildman–Crippen LogP) is -3.62. The zero-order chi connectivity index (χ0) is 8.04. The molecule has 1 saturated heterocycles. The fourth-order valence-corrected chi connectivity index (χ4v) is 0.625. The molecule has 7 heteroatoms. The van der Waals surface area contributed by atoms with Gasteiger partial charge in [0.1, 0.15) is 0 Å². The smallest absolute Gasteiger partial charge is 0.726 e. The Kier molecular flexibility index (Phi) is 11.8. The van der Waals surface area contributed by atoms with Gasteiger partial charge in [-0.1, -0.05) is 0 Å². The van der Waals surface area contributed by atoms with Gasteiger partial charge in [0.05, 0.1) is 0 Å². The van der Waals surface area contributed by atoms with Gasteiger partial charge >= 0.3 is 68.9 Å². The van der Waals surface area contributed by atoms with E-state index in [0.717, 1.165) is 0 Å². The molecule has 1 aliphatic heterocycles. The second-order valence-electron chi connectivity index (χ2n) is 1.88. The Balaban J connectivity index is 0. The normalized spacial score (nSPS) is 16.2. The van der Waals surface area contributed by atoms with Crippen molar-refractivity contribution in [2.75, 3.05) is 13.1 Å². The summed E-state index contributed by atoms with van der Waals surface area (Å²) < 4.78 is 32.8. The molecule has 62 valence electrons. The van der Waals surface area contributed by atoms with Crippen LogP contribution in [0.1, 0.15) is 12.8 Å². The Morgan fingerprint density at radius 2 is 1.55 bits per heavy atom. The Labute approximate surface area is 125 Å². The monoisotopic (exact) mass is 301 g/mol. The summed E-state index contributed by atoms with van der Waals surface area (Å²) in [6, 6.07) is 0. The van der Waals surface area contributed by atoms with Gasteiger partial charge in [0.2, 0.25) is 10.4 Å². The maximum absolute atomic E-state index is 8.63. The minimum Gasteiger partial charge on any atom is -0.726 e. The van der Waals surface area contributed by atoms with Gasteiger partial charge in [-0.2, -0.15) is 0 Å². The zero-order valence-corrected chi connectivity index (χ0v) is 13.5. The summed E-state index contributed by atoms with van der Waals surface area (Å²) >= 11 is 0. The third kappa shape index (κ3) is 24.5. The maximum atomic E-state index is 8.63. The SMILES string of the molecule is C1CCNC1.O=S(=O)([O-])O.[Cs+]. The molecule has 11 heavy (non-hydrogen) atoms. The molecule has 1 rings (SSSR count). The summed E-state index contributed by atoms with van der Waals surface area (Å²) in [7, 11) is -4.92. The van der Waals surface area contributed by atoms with Crippen LogP contribution in [0.15, 0.2) is 0 Å². The molecular weight excluding hydrogens is 291 g/mol. The molecule has 0 aromatic rings. The molecule has 1 aliphatic rings. The summed E-state index contributed by atoms with van der Waals surface area (Å²) in [6.45, 7) is 2.50. The summed E-state index contributed by atoms with van der Waals surface area (Å²) in [6.07, 6.45) is 2.78. The van der Waals surface area contributed by atoms with Crippen LogP contribution in [0.4, 0.5) is 0 Å². The Bertz CT molecular complexity index is 149. The van der Waals surface area contributed by atoms with E-state index < -0.39 is 10.4 Å². The van der Waals surface area contributed by atoms with Gasteiger partial charge in [0.25, 0.3) is 0 Å². The second-order valence-corrected chi connectivity index (χ2v) is 2.74. The van der Waals surface area contributed by atoms with Crippen molar-refractivity contribution >= 4 is 10.4 Å². The van der Waals surface area contributed by atoms with E-state index in [4.69, 9.17) is 17.5 Å². The standard InChI is InChI=1S/C4H9N.Cs.H2O4S/c1-2-4-5-3-1;;1-5(2,3)4/h5H,1-4H2;;(H2,1,2,3,4)/q;+1;/p-1. The Morgan fingerprint density at radius 1 is 1.27 bits per heavy atom. The van der Waals surface area contributed by atoms with E-state index in [0.29, 0.717) is 0 Å². The van der Waals surface area contributed by atoms with Gasteiger partial charge in [-0.15, -0.1) is 0 Å². The molecule has 0 aromatic heterocycles. The summed E-state index contributed by atoms with van der Waals surface area (Å²) in [5.74, 6) is 0. The van der Waals surface area contributed by atoms with Gasteiger partial charge in [-0.3, -0.25) is 4.55 Å². The first-order chi connectivity index (χ1) is 4.50. The summed E-state index contributed by atoms with van der Waals surface area (Å²) in [5, 5.41) is 3.22. The molecule has 1 fully saturated rings. The molecule has 2 N–H and O–H groups in total. The molecule has 0 amide bonds. The number of nitrogens with one attached hydrogen (secondary N) is 1. The molecule has 0 aliphatic carbocycles. The van der Waals surface area contributed by atoms with Crippen LogP contribution >= 0.6 is 0 Å². The first-order valence-electron chi connectivity index (χ1n) is 2.89. The fourth-order valence-electron chi connectivity index (χ4n) is 0.625. The Hall–Kier alpha value is 1.88. The molecular formula is C4H10CsNO4S. The summed E-state index contributed by atoms with van der Waals surface area (Å²) in [4.78, 5) is 0. The van der Waals surface area contributed by atoms with Gasteiger partial charge in [-0.25, -0.2) is 8.42 Å². The van der Waals surface area contributed by atoms with Crippen molar-refractivity contribution in [2.45, 2.75) is 12.8 Å². The molecule has 0 atom stereocenters. The first kappa shape index (κ1) is 15.4. The van der Waals surface area contributed by atoms with E-state index >= 15 is 0 Å². The largest absolute Gasteiger partial charge is 1.00 e. The minimum absolute atomic E-state index is 0. The van der Waals surface area contributed by atoms with Crippen molar-refractivity contribution in [3.05, 3.63) is 0 Å². The van der Waals surface area contributed by atoms with Crippen molar-refractivity contribution < 1.29 is 86.4 Å². The zero-order valence-electron chi connectivity index (χ0n) is 6.41.